The first-order chi connectivity index (χ1) is 13.2. The summed E-state index contributed by atoms with van der Waals surface area (Å²) >= 11 is 0. The number of hydrogen-bond acceptors (Lipinski definition) is 5. The molecule has 1 aromatic heterocycles. The van der Waals surface area contributed by atoms with E-state index in [9.17, 15) is 0 Å². The maximum Gasteiger partial charge on any atom is 0.134 e. The number of hydrogen-bond donors (Lipinski definition) is 1. The van der Waals surface area contributed by atoms with Gasteiger partial charge in [-0.3, -0.25) is 0 Å². The van der Waals surface area contributed by atoms with Gasteiger partial charge in [0.2, 0.25) is 0 Å². The molecule has 5 rings (SSSR count). The summed E-state index contributed by atoms with van der Waals surface area (Å²) < 4.78 is 0. The number of aryl methyl sites for hydroxylation is 1. The lowest BCUT2D eigenvalue weighted by Gasteiger charge is -2.37. The summed E-state index contributed by atoms with van der Waals surface area (Å²) in [5, 5.41) is 0. The van der Waals surface area contributed by atoms with Crippen LogP contribution in [0, 0.1) is 6.92 Å². The molecule has 0 spiro atoms. The molecule has 3 fully saturated rings. The molecule has 0 amide bonds. The molecule has 2 saturated carbocycles. The first kappa shape index (κ1) is 17.0. The molecular formula is C22H29N5. The van der Waals surface area contributed by atoms with Crippen molar-refractivity contribution in [2.45, 2.75) is 50.5 Å². The first-order valence-electron chi connectivity index (χ1n) is 10.4. The van der Waals surface area contributed by atoms with Gasteiger partial charge in [-0.2, -0.15) is 0 Å². The first-order valence-corrected chi connectivity index (χ1v) is 10.4. The maximum absolute atomic E-state index is 6.02. The van der Waals surface area contributed by atoms with Gasteiger partial charge in [-0.25, -0.2) is 9.97 Å². The number of nitrogens with zero attached hydrogens (tertiary/aromatic N) is 4. The molecule has 2 N–H and O–H groups in total. The second-order valence-corrected chi connectivity index (χ2v) is 8.52. The van der Waals surface area contributed by atoms with Crippen LogP contribution in [0.3, 0.4) is 0 Å². The summed E-state index contributed by atoms with van der Waals surface area (Å²) in [5.41, 5.74) is 9.88. The highest BCUT2D eigenvalue weighted by Gasteiger charge is 2.33. The van der Waals surface area contributed by atoms with Crippen molar-refractivity contribution < 1.29 is 0 Å². The molecule has 0 bridgehead atoms. The summed E-state index contributed by atoms with van der Waals surface area (Å²) in [6.07, 6.45) is 4.63. The van der Waals surface area contributed by atoms with Gasteiger partial charge in [0, 0.05) is 61.5 Å². The van der Waals surface area contributed by atoms with Crippen LogP contribution in [0.4, 0.5) is 11.5 Å². The normalized spacial score (nSPS) is 25.4. The zero-order chi connectivity index (χ0) is 18.4. The fraction of sp³-hybridized carbons (Fsp3) is 0.545. The molecule has 1 saturated heterocycles. The Morgan fingerprint density at radius 1 is 0.889 bits per heavy atom. The molecule has 2 aliphatic carbocycles. The van der Waals surface area contributed by atoms with Crippen LogP contribution in [0.1, 0.15) is 54.6 Å². The molecular weight excluding hydrogens is 334 g/mol. The molecule has 5 nitrogen and oxygen atoms in total. The summed E-state index contributed by atoms with van der Waals surface area (Å²) in [6.45, 7) is 6.24. The lowest BCUT2D eigenvalue weighted by Crippen LogP contribution is -2.47. The van der Waals surface area contributed by atoms with Crippen LogP contribution < -0.4 is 15.5 Å². The minimum Gasteiger partial charge on any atom is -0.368 e. The Labute approximate surface area is 161 Å². The highest BCUT2D eigenvalue weighted by Crippen LogP contribution is 2.41. The van der Waals surface area contributed by atoms with Gasteiger partial charge in [-0.15, -0.1) is 0 Å². The molecule has 27 heavy (non-hydrogen) atoms. The van der Waals surface area contributed by atoms with E-state index in [-0.39, 0.29) is 0 Å². The number of benzene rings is 1. The van der Waals surface area contributed by atoms with E-state index in [0.29, 0.717) is 17.9 Å². The minimum absolute atomic E-state index is 0.357. The summed E-state index contributed by atoms with van der Waals surface area (Å²) in [4.78, 5) is 14.8. The Kier molecular flexibility index (Phi) is 4.27. The molecule has 0 atom stereocenters. The molecule has 1 aliphatic heterocycles. The monoisotopic (exact) mass is 363 g/mol. The van der Waals surface area contributed by atoms with Gasteiger partial charge in [0.25, 0.3) is 0 Å². The summed E-state index contributed by atoms with van der Waals surface area (Å²) in [6, 6.07) is 11.5. The van der Waals surface area contributed by atoms with Crippen LogP contribution in [-0.2, 0) is 0 Å². The Bertz CT molecular complexity index is 800. The van der Waals surface area contributed by atoms with Gasteiger partial charge in [0.15, 0.2) is 0 Å². The van der Waals surface area contributed by atoms with Crippen LogP contribution in [0.25, 0.3) is 0 Å². The van der Waals surface area contributed by atoms with Crippen molar-refractivity contribution in [3.63, 3.8) is 0 Å². The van der Waals surface area contributed by atoms with Crippen LogP contribution in [0.15, 0.2) is 30.3 Å². The van der Waals surface area contributed by atoms with Gasteiger partial charge in [0.1, 0.15) is 11.6 Å². The third kappa shape index (κ3) is 3.53. The van der Waals surface area contributed by atoms with Crippen molar-refractivity contribution in [3.8, 4) is 0 Å². The van der Waals surface area contributed by atoms with Gasteiger partial charge < -0.3 is 15.5 Å². The molecule has 3 aliphatic rings. The predicted molar refractivity (Wildman–Crippen MR) is 110 cm³/mol. The van der Waals surface area contributed by atoms with E-state index in [0.717, 1.165) is 50.7 Å². The zero-order valence-corrected chi connectivity index (χ0v) is 16.1. The van der Waals surface area contributed by atoms with Crippen molar-refractivity contribution in [1.82, 2.24) is 9.97 Å². The quantitative estimate of drug-likeness (QED) is 0.904. The minimum atomic E-state index is 0.357. The van der Waals surface area contributed by atoms with Crippen LogP contribution >= 0.6 is 0 Å². The highest BCUT2D eigenvalue weighted by molar-refractivity contribution is 5.50. The number of anilines is 2. The Balaban J connectivity index is 1.32. The van der Waals surface area contributed by atoms with Crippen molar-refractivity contribution in [2.24, 2.45) is 5.73 Å². The standard InChI is InChI=1S/C22H29N5/c1-15-2-6-19(7-3-15)26-8-10-27(11-9-26)21-14-20(17-12-18(23)13-17)24-22(25-21)16-4-5-16/h2-3,6-7,14,16-18H,4-5,8-13,23H2,1H3. The average molecular weight is 364 g/mol. The number of aromatic nitrogens is 2. The molecule has 142 valence electrons. The molecule has 0 unspecified atom stereocenters. The van der Waals surface area contributed by atoms with Crippen LogP contribution in [0.5, 0.6) is 0 Å². The Morgan fingerprint density at radius 3 is 2.19 bits per heavy atom. The van der Waals surface area contributed by atoms with Crippen LogP contribution in [0.2, 0.25) is 0 Å². The van der Waals surface area contributed by atoms with Gasteiger partial charge in [-0.1, -0.05) is 17.7 Å². The smallest absolute Gasteiger partial charge is 0.134 e. The second-order valence-electron chi connectivity index (χ2n) is 8.52. The topological polar surface area (TPSA) is 58.3 Å². The van der Waals surface area contributed by atoms with E-state index in [2.05, 4.69) is 47.1 Å². The zero-order valence-electron chi connectivity index (χ0n) is 16.1. The fourth-order valence-corrected chi connectivity index (χ4v) is 4.22. The van der Waals surface area contributed by atoms with E-state index < -0.39 is 0 Å². The molecule has 0 radical (unpaired) electrons. The SMILES string of the molecule is Cc1ccc(N2CCN(c3cc(C4CC(N)C4)nc(C4CC4)n3)CC2)cc1. The average Bonchev–Trinajstić information content (AvgIpc) is 3.51. The lowest BCUT2D eigenvalue weighted by molar-refractivity contribution is 0.344. The second kappa shape index (κ2) is 6.79. The summed E-state index contributed by atoms with van der Waals surface area (Å²) in [7, 11) is 0. The van der Waals surface area contributed by atoms with Gasteiger partial charge >= 0.3 is 0 Å². The molecule has 5 heteroatoms. The molecule has 1 aromatic carbocycles. The predicted octanol–water partition coefficient (Wildman–Crippen LogP) is 3.19. The van der Waals surface area contributed by atoms with Crippen molar-refractivity contribution in [3.05, 3.63) is 47.4 Å². The van der Waals surface area contributed by atoms with Crippen molar-refractivity contribution in [2.75, 3.05) is 36.0 Å². The molecule has 2 aromatic rings. The van der Waals surface area contributed by atoms with E-state index in [1.54, 1.807) is 0 Å². The maximum atomic E-state index is 6.02. The van der Waals surface area contributed by atoms with Crippen molar-refractivity contribution >= 4 is 11.5 Å². The highest BCUT2D eigenvalue weighted by atomic mass is 15.3. The van der Waals surface area contributed by atoms with E-state index in [4.69, 9.17) is 15.7 Å². The van der Waals surface area contributed by atoms with E-state index in [1.807, 2.05) is 0 Å². The Hall–Kier alpha value is -2.14. The van der Waals surface area contributed by atoms with Crippen molar-refractivity contribution in [1.29, 1.82) is 0 Å². The number of nitrogens with two attached hydrogens (primary N) is 1. The van der Waals surface area contributed by atoms with E-state index in [1.165, 1.54) is 29.8 Å². The van der Waals surface area contributed by atoms with Gasteiger partial charge in [0.05, 0.1) is 0 Å². The van der Waals surface area contributed by atoms with Crippen LogP contribution in [-0.4, -0.2) is 42.2 Å². The fourth-order valence-electron chi connectivity index (χ4n) is 4.22. The Morgan fingerprint density at radius 2 is 1.56 bits per heavy atom. The van der Waals surface area contributed by atoms with Gasteiger partial charge in [-0.05, 0) is 44.7 Å². The lowest BCUT2D eigenvalue weighted by atomic mass is 9.78. The molecule has 2 heterocycles. The van der Waals surface area contributed by atoms with E-state index >= 15 is 0 Å². The largest absolute Gasteiger partial charge is 0.368 e. The third-order valence-corrected chi connectivity index (χ3v) is 6.29. The third-order valence-electron chi connectivity index (χ3n) is 6.29. The number of rotatable bonds is 4. The summed E-state index contributed by atoms with van der Waals surface area (Å²) in [5.74, 6) is 3.33. The number of piperazine rings is 1.